The number of carbonyl (C=O) groups is 1. The number of hydrogen-bond acceptors (Lipinski definition) is 3. The van der Waals surface area contributed by atoms with Crippen LogP contribution in [0.5, 0.6) is 0 Å². The molecule has 16 heavy (non-hydrogen) atoms. The summed E-state index contributed by atoms with van der Waals surface area (Å²) in [7, 11) is 0. The Morgan fingerprint density at radius 1 is 1.38 bits per heavy atom. The first kappa shape index (κ1) is 13.2. The smallest absolute Gasteiger partial charge is 0.333 e. The van der Waals surface area contributed by atoms with Gasteiger partial charge in [0.25, 0.3) is 0 Å². The molecule has 0 aromatic rings. The SMILES string of the molecule is C=C(C)C(=O)OC1(CC)CCC(C)(O)CC1. The Hall–Kier alpha value is -0.830. The van der Waals surface area contributed by atoms with Gasteiger partial charge in [0.2, 0.25) is 0 Å². The zero-order valence-corrected chi connectivity index (χ0v) is 10.5. The van der Waals surface area contributed by atoms with Gasteiger partial charge >= 0.3 is 5.97 Å². The highest BCUT2D eigenvalue weighted by atomic mass is 16.6. The zero-order valence-electron chi connectivity index (χ0n) is 10.5. The van der Waals surface area contributed by atoms with Gasteiger partial charge in [0.05, 0.1) is 5.60 Å². The summed E-state index contributed by atoms with van der Waals surface area (Å²) in [6.07, 6.45) is 3.63. The average Bonchev–Trinajstić information content (AvgIpc) is 2.21. The van der Waals surface area contributed by atoms with E-state index in [0.717, 1.165) is 19.3 Å². The second-order valence-corrected chi connectivity index (χ2v) is 5.20. The van der Waals surface area contributed by atoms with E-state index in [1.54, 1.807) is 6.92 Å². The molecule has 0 aromatic heterocycles. The van der Waals surface area contributed by atoms with Crippen molar-refractivity contribution in [3.8, 4) is 0 Å². The van der Waals surface area contributed by atoms with Gasteiger partial charge in [-0.05, 0) is 46.0 Å². The molecule has 0 aliphatic heterocycles. The van der Waals surface area contributed by atoms with Crippen LogP contribution in [-0.4, -0.2) is 22.3 Å². The Labute approximate surface area is 97.5 Å². The van der Waals surface area contributed by atoms with Crippen molar-refractivity contribution in [1.82, 2.24) is 0 Å². The van der Waals surface area contributed by atoms with Crippen LogP contribution in [0, 0.1) is 0 Å². The van der Waals surface area contributed by atoms with Crippen LogP contribution in [0.25, 0.3) is 0 Å². The van der Waals surface area contributed by atoms with E-state index in [4.69, 9.17) is 4.74 Å². The summed E-state index contributed by atoms with van der Waals surface area (Å²) >= 11 is 0. The van der Waals surface area contributed by atoms with Crippen LogP contribution < -0.4 is 0 Å². The molecule has 0 unspecified atom stereocenters. The Morgan fingerprint density at radius 3 is 2.25 bits per heavy atom. The van der Waals surface area contributed by atoms with E-state index in [0.29, 0.717) is 18.4 Å². The Bertz CT molecular complexity index is 282. The third-order valence-corrected chi connectivity index (χ3v) is 3.54. The maximum atomic E-state index is 11.6. The molecular weight excluding hydrogens is 204 g/mol. The van der Waals surface area contributed by atoms with Crippen molar-refractivity contribution >= 4 is 5.97 Å². The molecule has 0 heterocycles. The number of hydrogen-bond donors (Lipinski definition) is 1. The predicted octanol–water partition coefficient (Wildman–Crippen LogP) is 2.58. The summed E-state index contributed by atoms with van der Waals surface area (Å²) in [5.41, 5.74) is -0.558. The zero-order chi connectivity index (χ0) is 12.4. The fourth-order valence-electron chi connectivity index (χ4n) is 2.06. The van der Waals surface area contributed by atoms with Crippen LogP contribution in [0.3, 0.4) is 0 Å². The standard InChI is InChI=1S/C13H22O3/c1-5-13(16-11(14)10(2)3)8-6-12(4,15)7-9-13/h15H,2,5-9H2,1,3-4H3. The van der Waals surface area contributed by atoms with E-state index < -0.39 is 11.2 Å². The molecule has 1 N–H and O–H groups in total. The molecule has 3 nitrogen and oxygen atoms in total. The molecule has 0 atom stereocenters. The normalized spacial score (nSPS) is 34.5. The second kappa shape index (κ2) is 4.58. The molecule has 3 heteroatoms. The first-order valence-corrected chi connectivity index (χ1v) is 5.91. The lowest BCUT2D eigenvalue weighted by atomic mass is 9.75. The number of rotatable bonds is 3. The van der Waals surface area contributed by atoms with Crippen LogP contribution in [0.15, 0.2) is 12.2 Å². The average molecular weight is 226 g/mol. The lowest BCUT2D eigenvalue weighted by Crippen LogP contribution is -2.44. The molecular formula is C13H22O3. The van der Waals surface area contributed by atoms with Gasteiger partial charge in [0, 0.05) is 5.57 Å². The van der Waals surface area contributed by atoms with Crippen LogP contribution in [0.2, 0.25) is 0 Å². The summed E-state index contributed by atoms with van der Waals surface area (Å²) < 4.78 is 5.53. The maximum absolute atomic E-state index is 11.6. The van der Waals surface area contributed by atoms with E-state index in [1.165, 1.54) is 0 Å². The second-order valence-electron chi connectivity index (χ2n) is 5.20. The summed E-state index contributed by atoms with van der Waals surface area (Å²) in [5, 5.41) is 9.89. The summed E-state index contributed by atoms with van der Waals surface area (Å²) in [5.74, 6) is -0.316. The van der Waals surface area contributed by atoms with Crippen molar-refractivity contribution in [3.63, 3.8) is 0 Å². The third-order valence-electron chi connectivity index (χ3n) is 3.54. The van der Waals surface area contributed by atoms with Crippen LogP contribution >= 0.6 is 0 Å². The first-order chi connectivity index (χ1) is 7.30. The Kier molecular flexibility index (Phi) is 3.79. The molecule has 1 rings (SSSR count). The van der Waals surface area contributed by atoms with Gasteiger partial charge in [-0.15, -0.1) is 0 Å². The Balaban J connectivity index is 2.66. The minimum atomic E-state index is -0.603. The maximum Gasteiger partial charge on any atom is 0.333 e. The summed E-state index contributed by atoms with van der Waals surface area (Å²) in [4.78, 5) is 11.6. The molecule has 1 saturated carbocycles. The summed E-state index contributed by atoms with van der Waals surface area (Å²) in [6.45, 7) is 9.11. The number of carbonyl (C=O) groups excluding carboxylic acids is 1. The van der Waals surface area contributed by atoms with Crippen molar-refractivity contribution in [1.29, 1.82) is 0 Å². The van der Waals surface area contributed by atoms with Gasteiger partial charge in [0.15, 0.2) is 0 Å². The lowest BCUT2D eigenvalue weighted by molar-refractivity contribution is -0.165. The highest BCUT2D eigenvalue weighted by Gasteiger charge is 2.41. The van der Waals surface area contributed by atoms with Gasteiger partial charge in [-0.1, -0.05) is 13.5 Å². The minimum Gasteiger partial charge on any atom is -0.456 e. The fraction of sp³-hybridized carbons (Fsp3) is 0.769. The molecule has 0 bridgehead atoms. The topological polar surface area (TPSA) is 46.5 Å². The van der Waals surface area contributed by atoms with Crippen molar-refractivity contribution in [3.05, 3.63) is 12.2 Å². The van der Waals surface area contributed by atoms with Crippen molar-refractivity contribution in [2.24, 2.45) is 0 Å². The summed E-state index contributed by atoms with van der Waals surface area (Å²) in [6, 6.07) is 0. The Morgan fingerprint density at radius 2 is 1.88 bits per heavy atom. The van der Waals surface area contributed by atoms with Crippen LogP contribution in [-0.2, 0) is 9.53 Å². The van der Waals surface area contributed by atoms with Crippen LogP contribution in [0.4, 0.5) is 0 Å². The lowest BCUT2D eigenvalue weighted by Gasteiger charge is -2.41. The molecule has 0 saturated heterocycles. The number of esters is 1. The van der Waals surface area contributed by atoms with E-state index in [1.807, 2.05) is 13.8 Å². The first-order valence-electron chi connectivity index (χ1n) is 5.91. The molecule has 0 radical (unpaired) electrons. The molecule has 1 aliphatic carbocycles. The monoisotopic (exact) mass is 226 g/mol. The quantitative estimate of drug-likeness (QED) is 0.594. The van der Waals surface area contributed by atoms with E-state index in [2.05, 4.69) is 6.58 Å². The van der Waals surface area contributed by atoms with Crippen molar-refractivity contribution in [2.75, 3.05) is 0 Å². The predicted molar refractivity (Wildman–Crippen MR) is 63.0 cm³/mol. The van der Waals surface area contributed by atoms with Crippen molar-refractivity contribution in [2.45, 2.75) is 64.1 Å². The fourth-order valence-corrected chi connectivity index (χ4v) is 2.06. The third kappa shape index (κ3) is 3.08. The molecule has 0 spiro atoms. The van der Waals surface area contributed by atoms with Crippen LogP contribution in [0.1, 0.15) is 52.9 Å². The highest BCUT2D eigenvalue weighted by Crippen LogP contribution is 2.39. The minimum absolute atomic E-state index is 0.316. The van der Waals surface area contributed by atoms with Gasteiger partial charge in [0.1, 0.15) is 5.60 Å². The van der Waals surface area contributed by atoms with Gasteiger partial charge in [-0.25, -0.2) is 4.79 Å². The molecule has 92 valence electrons. The molecule has 0 aromatic carbocycles. The van der Waals surface area contributed by atoms with Gasteiger partial charge in [-0.3, -0.25) is 0 Å². The van der Waals surface area contributed by atoms with E-state index >= 15 is 0 Å². The number of aliphatic hydroxyl groups is 1. The molecule has 0 amide bonds. The van der Waals surface area contributed by atoms with E-state index in [-0.39, 0.29) is 5.97 Å². The number of ether oxygens (including phenoxy) is 1. The largest absolute Gasteiger partial charge is 0.456 e. The molecule has 1 aliphatic rings. The van der Waals surface area contributed by atoms with Gasteiger partial charge < -0.3 is 9.84 Å². The highest BCUT2D eigenvalue weighted by molar-refractivity contribution is 5.87. The molecule has 1 fully saturated rings. The van der Waals surface area contributed by atoms with Crippen molar-refractivity contribution < 1.29 is 14.6 Å². The van der Waals surface area contributed by atoms with Gasteiger partial charge in [-0.2, -0.15) is 0 Å². The van der Waals surface area contributed by atoms with E-state index in [9.17, 15) is 9.90 Å².